The van der Waals surface area contributed by atoms with Crippen LogP contribution < -0.4 is 0 Å². The minimum absolute atomic E-state index is 0.00485. The van der Waals surface area contributed by atoms with E-state index >= 15 is 0 Å². The average Bonchev–Trinajstić information content (AvgIpc) is 2.85. The number of rotatable bonds is 2. The molecule has 1 aromatic rings. The summed E-state index contributed by atoms with van der Waals surface area (Å²) in [6.45, 7) is 4.07. The first kappa shape index (κ1) is 16.9. The second-order valence-corrected chi connectivity index (χ2v) is 7.00. The fourth-order valence-corrected chi connectivity index (χ4v) is 4.15. The maximum absolute atomic E-state index is 12.6. The van der Waals surface area contributed by atoms with E-state index in [4.69, 9.17) is 0 Å². The number of amides is 2. The highest BCUT2D eigenvalue weighted by Crippen LogP contribution is 2.30. The second kappa shape index (κ2) is 7.32. The summed E-state index contributed by atoms with van der Waals surface area (Å²) in [5, 5.41) is 7.62. The Balaban J connectivity index is 1.62. The third kappa shape index (κ3) is 3.44. The number of carbonyl (C=O) groups is 2. The van der Waals surface area contributed by atoms with Gasteiger partial charge in [-0.25, -0.2) is 4.68 Å². The van der Waals surface area contributed by atoms with Gasteiger partial charge in [0.2, 0.25) is 5.91 Å². The van der Waals surface area contributed by atoms with Gasteiger partial charge in [-0.1, -0.05) is 18.1 Å². The number of piperidine rings is 1. The van der Waals surface area contributed by atoms with E-state index in [1.165, 1.54) is 23.7 Å². The van der Waals surface area contributed by atoms with Crippen molar-refractivity contribution in [3.8, 4) is 0 Å². The van der Waals surface area contributed by atoms with Gasteiger partial charge in [0.05, 0.1) is 6.20 Å². The van der Waals surface area contributed by atoms with Crippen LogP contribution in [0.2, 0.25) is 0 Å². The summed E-state index contributed by atoms with van der Waals surface area (Å²) in [4.78, 5) is 28.5. The van der Waals surface area contributed by atoms with Gasteiger partial charge in [-0.15, -0.1) is 5.10 Å². The first-order valence-corrected chi connectivity index (χ1v) is 8.99. The summed E-state index contributed by atoms with van der Waals surface area (Å²) < 4.78 is 1.53. The van der Waals surface area contributed by atoms with Crippen LogP contribution in [0.4, 0.5) is 0 Å². The highest BCUT2D eigenvalue weighted by atomic mass is 16.2. The molecule has 7 nitrogen and oxygen atoms in total. The molecule has 1 aromatic heterocycles. The van der Waals surface area contributed by atoms with Crippen molar-refractivity contribution in [2.75, 3.05) is 19.6 Å². The molecule has 0 N–H and O–H groups in total. The lowest BCUT2D eigenvalue weighted by Crippen LogP contribution is -2.48. The van der Waals surface area contributed by atoms with Crippen molar-refractivity contribution < 1.29 is 9.59 Å². The minimum Gasteiger partial charge on any atom is -0.340 e. The van der Waals surface area contributed by atoms with Crippen molar-refractivity contribution in [2.24, 2.45) is 13.0 Å². The molecule has 3 rings (SSSR count). The summed E-state index contributed by atoms with van der Waals surface area (Å²) >= 11 is 0. The van der Waals surface area contributed by atoms with Crippen LogP contribution in [0.3, 0.4) is 0 Å². The number of aryl methyl sites for hydroxylation is 1. The van der Waals surface area contributed by atoms with Gasteiger partial charge in [0, 0.05) is 39.6 Å². The van der Waals surface area contributed by atoms with E-state index in [0.29, 0.717) is 17.7 Å². The zero-order valence-electron chi connectivity index (χ0n) is 14.6. The lowest BCUT2D eigenvalue weighted by atomic mass is 9.86. The van der Waals surface area contributed by atoms with E-state index in [9.17, 15) is 9.59 Å². The molecule has 24 heavy (non-hydrogen) atoms. The standard InChI is InChI=1S/C17H27N5O2/c1-13(23)22-9-5-3-4-6-15(22)14-7-10-21(11-8-14)17(24)16-12-18-19-20(16)2/h12,14-15H,3-11H2,1-2H3. The molecule has 0 bridgehead atoms. The van der Waals surface area contributed by atoms with Crippen molar-refractivity contribution in [1.29, 1.82) is 0 Å². The van der Waals surface area contributed by atoms with Gasteiger partial charge >= 0.3 is 0 Å². The van der Waals surface area contributed by atoms with Crippen LogP contribution in [0, 0.1) is 5.92 Å². The Labute approximate surface area is 143 Å². The normalized spacial score (nSPS) is 23.2. The molecular weight excluding hydrogens is 306 g/mol. The highest BCUT2D eigenvalue weighted by Gasteiger charge is 2.34. The van der Waals surface area contributed by atoms with E-state index in [-0.39, 0.29) is 11.8 Å². The lowest BCUT2D eigenvalue weighted by Gasteiger charge is -2.40. The van der Waals surface area contributed by atoms with E-state index in [1.807, 2.05) is 4.90 Å². The number of hydrogen-bond donors (Lipinski definition) is 0. The number of carbonyl (C=O) groups excluding carboxylic acids is 2. The van der Waals surface area contributed by atoms with Gasteiger partial charge in [-0.3, -0.25) is 9.59 Å². The van der Waals surface area contributed by atoms with Crippen LogP contribution in [0.15, 0.2) is 6.20 Å². The van der Waals surface area contributed by atoms with Crippen LogP contribution in [0.5, 0.6) is 0 Å². The SMILES string of the molecule is CC(=O)N1CCCCCC1C1CCN(C(=O)c2cnnn2C)CC1. The maximum atomic E-state index is 12.6. The Bertz CT molecular complexity index is 592. The van der Waals surface area contributed by atoms with Gasteiger partial charge in [0.1, 0.15) is 5.69 Å². The predicted molar refractivity (Wildman–Crippen MR) is 89.3 cm³/mol. The van der Waals surface area contributed by atoms with Gasteiger partial charge in [-0.2, -0.15) is 0 Å². The van der Waals surface area contributed by atoms with Crippen LogP contribution >= 0.6 is 0 Å². The number of nitrogens with zero attached hydrogens (tertiary/aromatic N) is 5. The van der Waals surface area contributed by atoms with Crippen molar-refractivity contribution in [3.05, 3.63) is 11.9 Å². The van der Waals surface area contributed by atoms with Crippen molar-refractivity contribution in [1.82, 2.24) is 24.8 Å². The van der Waals surface area contributed by atoms with Crippen molar-refractivity contribution >= 4 is 11.8 Å². The monoisotopic (exact) mass is 333 g/mol. The molecule has 2 saturated heterocycles. The predicted octanol–water partition coefficient (Wildman–Crippen LogP) is 1.46. The Morgan fingerprint density at radius 3 is 2.46 bits per heavy atom. The molecule has 3 heterocycles. The topological polar surface area (TPSA) is 71.3 Å². The van der Waals surface area contributed by atoms with E-state index in [1.54, 1.807) is 14.0 Å². The molecule has 1 atom stereocenters. The van der Waals surface area contributed by atoms with Gasteiger partial charge in [-0.05, 0) is 31.6 Å². The zero-order chi connectivity index (χ0) is 17.1. The first-order valence-electron chi connectivity index (χ1n) is 8.99. The molecule has 7 heteroatoms. The lowest BCUT2D eigenvalue weighted by molar-refractivity contribution is -0.132. The third-order valence-electron chi connectivity index (χ3n) is 5.51. The largest absolute Gasteiger partial charge is 0.340 e. The molecule has 2 aliphatic heterocycles. The summed E-state index contributed by atoms with van der Waals surface area (Å²) in [5.74, 6) is 0.701. The molecule has 0 aromatic carbocycles. The quantitative estimate of drug-likeness (QED) is 0.821. The van der Waals surface area contributed by atoms with Gasteiger partial charge in [0.15, 0.2) is 0 Å². The minimum atomic E-state index is 0.00485. The summed E-state index contributed by atoms with van der Waals surface area (Å²) in [7, 11) is 1.74. The summed E-state index contributed by atoms with van der Waals surface area (Å²) in [6, 6.07) is 0.348. The maximum Gasteiger partial charge on any atom is 0.273 e. The molecule has 0 spiro atoms. The van der Waals surface area contributed by atoms with Crippen molar-refractivity contribution in [2.45, 2.75) is 51.5 Å². The smallest absolute Gasteiger partial charge is 0.273 e. The fraction of sp³-hybridized carbons (Fsp3) is 0.765. The molecular formula is C17H27N5O2. The van der Waals surface area contributed by atoms with Crippen LogP contribution in [-0.2, 0) is 11.8 Å². The first-order chi connectivity index (χ1) is 11.6. The summed E-state index contributed by atoms with van der Waals surface area (Å²) in [6.07, 6.45) is 8.08. The average molecular weight is 333 g/mol. The number of likely N-dealkylation sites (tertiary alicyclic amines) is 2. The molecule has 2 amide bonds. The molecule has 2 aliphatic rings. The van der Waals surface area contributed by atoms with E-state index < -0.39 is 0 Å². The van der Waals surface area contributed by atoms with Crippen molar-refractivity contribution in [3.63, 3.8) is 0 Å². The molecule has 132 valence electrons. The van der Waals surface area contributed by atoms with Gasteiger partial charge in [0.25, 0.3) is 5.91 Å². The fourth-order valence-electron chi connectivity index (χ4n) is 4.15. The Hall–Kier alpha value is -1.92. The number of aromatic nitrogens is 3. The molecule has 0 radical (unpaired) electrons. The van der Waals surface area contributed by atoms with Crippen LogP contribution in [0.1, 0.15) is 55.9 Å². The third-order valence-corrected chi connectivity index (χ3v) is 5.51. The highest BCUT2D eigenvalue weighted by molar-refractivity contribution is 5.92. The summed E-state index contributed by atoms with van der Waals surface area (Å²) in [5.41, 5.74) is 0.535. The molecule has 0 saturated carbocycles. The zero-order valence-corrected chi connectivity index (χ0v) is 14.6. The molecule has 1 unspecified atom stereocenters. The van der Waals surface area contributed by atoms with E-state index in [0.717, 1.165) is 45.3 Å². The second-order valence-electron chi connectivity index (χ2n) is 7.00. The molecule has 0 aliphatic carbocycles. The molecule has 2 fully saturated rings. The Kier molecular flexibility index (Phi) is 5.16. The Morgan fingerprint density at radius 2 is 1.83 bits per heavy atom. The number of hydrogen-bond acceptors (Lipinski definition) is 4. The van der Waals surface area contributed by atoms with Crippen LogP contribution in [-0.4, -0.2) is 62.3 Å². The van der Waals surface area contributed by atoms with Crippen LogP contribution in [0.25, 0.3) is 0 Å². The Morgan fingerprint density at radius 1 is 1.08 bits per heavy atom. The van der Waals surface area contributed by atoms with E-state index in [2.05, 4.69) is 15.2 Å². The van der Waals surface area contributed by atoms with Gasteiger partial charge < -0.3 is 9.80 Å².